The first-order chi connectivity index (χ1) is 12.7. The average Bonchev–Trinajstić information content (AvgIpc) is 2.98. The second-order valence-electron chi connectivity index (χ2n) is 6.53. The summed E-state index contributed by atoms with van der Waals surface area (Å²) in [5.74, 6) is -0.507. The summed E-state index contributed by atoms with van der Waals surface area (Å²) in [6.07, 6.45) is 2.28. The molecule has 0 spiro atoms. The molecule has 2 heterocycles. The van der Waals surface area contributed by atoms with Gasteiger partial charge in [-0.2, -0.15) is 4.31 Å². The molecular formula is C17H20ClFN4O3S. The van der Waals surface area contributed by atoms with E-state index >= 15 is 0 Å². The van der Waals surface area contributed by atoms with Crippen molar-refractivity contribution in [3.05, 3.63) is 41.1 Å². The Labute approximate surface area is 162 Å². The lowest BCUT2D eigenvalue weighted by atomic mass is 9.97. The normalized spacial score (nSPS) is 16.4. The zero-order valence-electron chi connectivity index (χ0n) is 14.9. The van der Waals surface area contributed by atoms with Crippen molar-refractivity contribution >= 4 is 33.2 Å². The number of rotatable bonds is 4. The third-order valence-corrected chi connectivity index (χ3v) is 6.76. The zero-order chi connectivity index (χ0) is 19.8. The minimum Gasteiger partial charge on any atom is -0.337 e. The van der Waals surface area contributed by atoms with Gasteiger partial charge in [0.1, 0.15) is 11.6 Å². The predicted octanol–water partition coefficient (Wildman–Crippen LogP) is 2.56. The standard InChI is InChI=1S/C17H20ClFN4O3S/c1-11-20-16(10-22(11)2)27(25,26)23-7-5-12(6-8-23)17(24)21-13-3-4-15(19)14(18)9-13/h3-4,9-10,12H,5-8H2,1-2H3,(H,21,24). The number of sulfonamides is 1. The van der Waals surface area contributed by atoms with E-state index in [-0.39, 0.29) is 35.0 Å². The van der Waals surface area contributed by atoms with Gasteiger partial charge in [-0.1, -0.05) is 11.6 Å². The summed E-state index contributed by atoms with van der Waals surface area (Å²) in [5, 5.41) is 2.65. The minimum atomic E-state index is -3.67. The summed E-state index contributed by atoms with van der Waals surface area (Å²) in [5.41, 5.74) is 0.408. The SMILES string of the molecule is Cc1nc(S(=O)(=O)N2CCC(C(=O)Nc3ccc(F)c(Cl)c3)CC2)cn1C. The Bertz CT molecular complexity index is 949. The van der Waals surface area contributed by atoms with Gasteiger partial charge in [-0.3, -0.25) is 4.79 Å². The number of anilines is 1. The topological polar surface area (TPSA) is 84.3 Å². The largest absolute Gasteiger partial charge is 0.337 e. The van der Waals surface area contributed by atoms with Gasteiger partial charge in [0.15, 0.2) is 5.03 Å². The van der Waals surface area contributed by atoms with E-state index in [2.05, 4.69) is 10.3 Å². The van der Waals surface area contributed by atoms with Crippen LogP contribution in [0.3, 0.4) is 0 Å². The molecule has 1 aromatic heterocycles. The van der Waals surface area contributed by atoms with E-state index in [1.807, 2.05) is 0 Å². The molecule has 3 rings (SSSR count). The number of hydrogen-bond donors (Lipinski definition) is 1. The number of benzene rings is 1. The van der Waals surface area contributed by atoms with E-state index in [0.717, 1.165) is 0 Å². The van der Waals surface area contributed by atoms with Crippen LogP contribution in [0.4, 0.5) is 10.1 Å². The van der Waals surface area contributed by atoms with Crippen LogP contribution in [0.25, 0.3) is 0 Å². The van der Waals surface area contributed by atoms with Crippen LogP contribution in [0.5, 0.6) is 0 Å². The van der Waals surface area contributed by atoms with Crippen LogP contribution < -0.4 is 5.32 Å². The monoisotopic (exact) mass is 414 g/mol. The first kappa shape index (κ1) is 19.8. The van der Waals surface area contributed by atoms with Gasteiger partial charge in [-0.15, -0.1) is 0 Å². The molecule has 0 bridgehead atoms. The zero-order valence-corrected chi connectivity index (χ0v) is 16.5. The lowest BCUT2D eigenvalue weighted by Gasteiger charge is -2.29. The second kappa shape index (κ2) is 7.57. The van der Waals surface area contributed by atoms with Gasteiger partial charge in [-0.25, -0.2) is 17.8 Å². The number of halogens is 2. The quantitative estimate of drug-likeness (QED) is 0.833. The number of piperidine rings is 1. The van der Waals surface area contributed by atoms with Crippen molar-refractivity contribution in [1.82, 2.24) is 13.9 Å². The van der Waals surface area contributed by atoms with Crippen LogP contribution in [0.1, 0.15) is 18.7 Å². The Hall–Kier alpha value is -1.97. The number of nitrogens with one attached hydrogen (secondary N) is 1. The summed E-state index contributed by atoms with van der Waals surface area (Å²) in [7, 11) is -1.94. The lowest BCUT2D eigenvalue weighted by Crippen LogP contribution is -2.41. The fraction of sp³-hybridized carbons (Fsp3) is 0.412. The van der Waals surface area contributed by atoms with E-state index in [4.69, 9.17) is 11.6 Å². The van der Waals surface area contributed by atoms with Gasteiger partial charge in [0.2, 0.25) is 5.91 Å². The smallest absolute Gasteiger partial charge is 0.262 e. The van der Waals surface area contributed by atoms with Gasteiger partial charge in [-0.05, 0) is 38.0 Å². The molecule has 1 fully saturated rings. The number of nitrogens with zero attached hydrogens (tertiary/aromatic N) is 3. The molecule has 1 aliphatic heterocycles. The molecule has 7 nitrogen and oxygen atoms in total. The molecule has 1 aliphatic rings. The fourth-order valence-corrected chi connectivity index (χ4v) is 4.63. The van der Waals surface area contributed by atoms with Crippen molar-refractivity contribution in [2.24, 2.45) is 13.0 Å². The third kappa shape index (κ3) is 4.15. The van der Waals surface area contributed by atoms with E-state index in [0.29, 0.717) is 24.4 Å². The molecule has 0 saturated carbocycles. The summed E-state index contributed by atoms with van der Waals surface area (Å²) < 4.78 is 41.6. The van der Waals surface area contributed by atoms with Crippen molar-refractivity contribution in [2.45, 2.75) is 24.8 Å². The van der Waals surface area contributed by atoms with Crippen LogP contribution in [0, 0.1) is 18.7 Å². The molecule has 1 saturated heterocycles. The van der Waals surface area contributed by atoms with Gasteiger partial charge < -0.3 is 9.88 Å². The molecule has 0 unspecified atom stereocenters. The highest BCUT2D eigenvalue weighted by Crippen LogP contribution is 2.25. The molecule has 27 heavy (non-hydrogen) atoms. The maximum Gasteiger partial charge on any atom is 0.262 e. The highest BCUT2D eigenvalue weighted by atomic mass is 35.5. The van der Waals surface area contributed by atoms with Crippen molar-refractivity contribution in [3.63, 3.8) is 0 Å². The maximum absolute atomic E-state index is 13.2. The Morgan fingerprint density at radius 1 is 1.33 bits per heavy atom. The average molecular weight is 415 g/mol. The minimum absolute atomic E-state index is 0.0198. The van der Waals surface area contributed by atoms with Crippen LogP contribution in [-0.2, 0) is 21.9 Å². The number of carbonyl (C=O) groups is 1. The van der Waals surface area contributed by atoms with Crippen LogP contribution in [0.2, 0.25) is 5.02 Å². The molecule has 0 aliphatic carbocycles. The van der Waals surface area contributed by atoms with Crippen LogP contribution >= 0.6 is 11.6 Å². The second-order valence-corrected chi connectivity index (χ2v) is 8.83. The molecule has 146 valence electrons. The number of imidazole rings is 1. The Balaban J connectivity index is 1.62. The number of carbonyl (C=O) groups excluding carboxylic acids is 1. The molecule has 1 amide bonds. The summed E-state index contributed by atoms with van der Waals surface area (Å²) in [4.78, 5) is 16.5. The third-order valence-electron chi connectivity index (χ3n) is 4.70. The number of amides is 1. The number of aryl methyl sites for hydroxylation is 2. The van der Waals surface area contributed by atoms with Crippen molar-refractivity contribution in [2.75, 3.05) is 18.4 Å². The highest BCUT2D eigenvalue weighted by molar-refractivity contribution is 7.89. The Morgan fingerprint density at radius 3 is 2.56 bits per heavy atom. The van der Waals surface area contributed by atoms with E-state index < -0.39 is 15.8 Å². The van der Waals surface area contributed by atoms with Crippen molar-refractivity contribution in [3.8, 4) is 0 Å². The van der Waals surface area contributed by atoms with Gasteiger partial charge in [0.25, 0.3) is 10.0 Å². The summed E-state index contributed by atoms with van der Waals surface area (Å²) >= 11 is 5.72. The first-order valence-corrected chi connectivity index (χ1v) is 10.3. The molecule has 0 radical (unpaired) electrons. The number of aromatic nitrogens is 2. The Kier molecular flexibility index (Phi) is 5.55. The van der Waals surface area contributed by atoms with E-state index in [1.165, 1.54) is 28.7 Å². The Morgan fingerprint density at radius 2 is 2.00 bits per heavy atom. The predicted molar refractivity (Wildman–Crippen MR) is 99.5 cm³/mol. The van der Waals surface area contributed by atoms with Gasteiger partial charge in [0, 0.05) is 37.9 Å². The van der Waals surface area contributed by atoms with E-state index in [9.17, 15) is 17.6 Å². The van der Waals surface area contributed by atoms with Gasteiger partial charge >= 0.3 is 0 Å². The molecule has 1 N–H and O–H groups in total. The molecule has 10 heteroatoms. The maximum atomic E-state index is 13.2. The van der Waals surface area contributed by atoms with Gasteiger partial charge in [0.05, 0.1) is 5.02 Å². The molecule has 2 aromatic rings. The lowest BCUT2D eigenvalue weighted by molar-refractivity contribution is -0.120. The van der Waals surface area contributed by atoms with Crippen molar-refractivity contribution in [1.29, 1.82) is 0 Å². The number of hydrogen-bond acceptors (Lipinski definition) is 4. The molecular weight excluding hydrogens is 395 g/mol. The van der Waals surface area contributed by atoms with Crippen LogP contribution in [0.15, 0.2) is 29.4 Å². The summed E-state index contributed by atoms with van der Waals surface area (Å²) in [6, 6.07) is 3.96. The van der Waals surface area contributed by atoms with E-state index in [1.54, 1.807) is 18.5 Å². The molecule has 0 atom stereocenters. The molecule has 1 aromatic carbocycles. The summed E-state index contributed by atoms with van der Waals surface area (Å²) in [6.45, 7) is 2.21. The van der Waals surface area contributed by atoms with Crippen molar-refractivity contribution < 1.29 is 17.6 Å². The van der Waals surface area contributed by atoms with Crippen LogP contribution in [-0.4, -0.2) is 41.3 Å². The fourth-order valence-electron chi connectivity index (χ4n) is 2.96. The highest BCUT2D eigenvalue weighted by Gasteiger charge is 2.33. The first-order valence-electron chi connectivity index (χ1n) is 8.44.